The summed E-state index contributed by atoms with van der Waals surface area (Å²) < 4.78 is 31.7. The Morgan fingerprint density at radius 3 is 2.00 bits per heavy atom. The van der Waals surface area contributed by atoms with Crippen molar-refractivity contribution < 1.29 is 17.1 Å². The zero-order valence-electron chi connectivity index (χ0n) is 4.34. The van der Waals surface area contributed by atoms with Crippen LogP contribution in [0.1, 0.15) is 0 Å². The molecule has 0 aliphatic heterocycles. The molecule has 8 heteroatoms. The van der Waals surface area contributed by atoms with E-state index >= 15 is 0 Å². The molecule has 0 aliphatic carbocycles. The standard InChI is InChI=1S/C2H2Cl2FNO3S/c3-1(4)2(7)6-10(5,8)9/h1H,(H,6,7). The molecule has 0 rings (SSSR count). The Morgan fingerprint density at radius 1 is 1.50 bits per heavy atom. The fraction of sp³-hybridized carbons (Fsp3) is 0.500. The molecule has 10 heavy (non-hydrogen) atoms. The van der Waals surface area contributed by atoms with Gasteiger partial charge in [-0.25, -0.2) is 4.72 Å². The Hall–Kier alpha value is -0.0700. The zero-order chi connectivity index (χ0) is 8.36. The monoisotopic (exact) mass is 209 g/mol. The molecule has 0 aromatic carbocycles. The predicted molar refractivity (Wildman–Crippen MR) is 33.7 cm³/mol. The summed E-state index contributed by atoms with van der Waals surface area (Å²) in [7, 11) is -5.04. The van der Waals surface area contributed by atoms with Crippen molar-refractivity contribution in [2.45, 2.75) is 4.84 Å². The Kier molecular flexibility index (Phi) is 3.34. The molecule has 0 aromatic rings. The lowest BCUT2D eigenvalue weighted by Crippen LogP contribution is -2.31. The van der Waals surface area contributed by atoms with Gasteiger partial charge >= 0.3 is 10.4 Å². The molecule has 0 radical (unpaired) electrons. The van der Waals surface area contributed by atoms with Crippen molar-refractivity contribution in [1.82, 2.24) is 4.72 Å². The van der Waals surface area contributed by atoms with Crippen molar-refractivity contribution in [2.75, 3.05) is 0 Å². The first kappa shape index (κ1) is 9.93. The van der Waals surface area contributed by atoms with E-state index in [0.29, 0.717) is 0 Å². The van der Waals surface area contributed by atoms with Crippen LogP contribution in [0.5, 0.6) is 0 Å². The van der Waals surface area contributed by atoms with Crippen molar-refractivity contribution in [3.05, 3.63) is 0 Å². The van der Waals surface area contributed by atoms with E-state index in [1.165, 1.54) is 0 Å². The topological polar surface area (TPSA) is 63.2 Å². The molecule has 0 unspecified atom stereocenters. The zero-order valence-corrected chi connectivity index (χ0v) is 6.67. The third kappa shape index (κ3) is 4.78. The predicted octanol–water partition coefficient (Wildman–Crippen LogP) is 0.121. The van der Waals surface area contributed by atoms with E-state index in [9.17, 15) is 17.1 Å². The van der Waals surface area contributed by atoms with Gasteiger partial charge in [-0.2, -0.15) is 8.42 Å². The number of amides is 1. The van der Waals surface area contributed by atoms with E-state index in [0.717, 1.165) is 4.72 Å². The molecule has 0 aromatic heterocycles. The number of halogens is 3. The smallest absolute Gasteiger partial charge is 0.271 e. The van der Waals surface area contributed by atoms with E-state index < -0.39 is 21.2 Å². The molecule has 0 saturated carbocycles. The summed E-state index contributed by atoms with van der Waals surface area (Å²) in [6.45, 7) is 0. The van der Waals surface area contributed by atoms with Gasteiger partial charge in [0.1, 0.15) is 0 Å². The lowest BCUT2D eigenvalue weighted by Gasteiger charge is -1.97. The maximum absolute atomic E-state index is 11.5. The Balaban J connectivity index is 4.07. The van der Waals surface area contributed by atoms with Gasteiger partial charge in [0.2, 0.25) is 0 Å². The van der Waals surface area contributed by atoms with Gasteiger partial charge < -0.3 is 0 Å². The summed E-state index contributed by atoms with van der Waals surface area (Å²) in [4.78, 5) is 8.57. The molecule has 4 nitrogen and oxygen atoms in total. The molecule has 0 saturated heterocycles. The van der Waals surface area contributed by atoms with Crippen LogP contribution < -0.4 is 4.72 Å². The van der Waals surface area contributed by atoms with Gasteiger partial charge in [0, 0.05) is 0 Å². The highest BCUT2D eigenvalue weighted by Gasteiger charge is 2.17. The number of hydrogen-bond donors (Lipinski definition) is 1. The molecule has 0 aliphatic rings. The first-order chi connectivity index (χ1) is 4.33. The number of hydrogen-bond acceptors (Lipinski definition) is 3. The lowest BCUT2D eigenvalue weighted by atomic mass is 10.8. The van der Waals surface area contributed by atoms with E-state index in [1.807, 2.05) is 0 Å². The minimum Gasteiger partial charge on any atom is -0.271 e. The van der Waals surface area contributed by atoms with Gasteiger partial charge in [-0.1, -0.05) is 27.1 Å². The molecular weight excluding hydrogens is 208 g/mol. The number of alkyl halides is 2. The summed E-state index contributed by atoms with van der Waals surface area (Å²) in [5.41, 5.74) is 0. The fourth-order valence-electron chi connectivity index (χ4n) is 0.165. The van der Waals surface area contributed by atoms with Crippen molar-refractivity contribution in [2.24, 2.45) is 0 Å². The average molecular weight is 210 g/mol. The summed E-state index contributed by atoms with van der Waals surface area (Å²) in [5, 5.41) is 0. The van der Waals surface area contributed by atoms with Crippen molar-refractivity contribution in [3.8, 4) is 0 Å². The number of rotatable bonds is 2. The highest BCUT2D eigenvalue weighted by molar-refractivity contribution is 7.84. The fourth-order valence-corrected chi connectivity index (χ4v) is 0.761. The Morgan fingerprint density at radius 2 is 1.90 bits per heavy atom. The molecule has 0 atom stereocenters. The minimum absolute atomic E-state index is 0.921. The number of carbonyl (C=O) groups is 1. The summed E-state index contributed by atoms with van der Waals surface area (Å²) >= 11 is 9.71. The SMILES string of the molecule is O=C(NS(=O)(=O)F)C(Cl)Cl. The highest BCUT2D eigenvalue weighted by Crippen LogP contribution is 2.01. The van der Waals surface area contributed by atoms with Crippen LogP contribution in [0.25, 0.3) is 0 Å². The normalized spacial score (nSPS) is 11.6. The van der Waals surface area contributed by atoms with Crippen molar-refractivity contribution in [3.63, 3.8) is 0 Å². The van der Waals surface area contributed by atoms with Crippen LogP contribution in [0.3, 0.4) is 0 Å². The van der Waals surface area contributed by atoms with Gasteiger partial charge in [-0.05, 0) is 0 Å². The molecule has 0 spiro atoms. The largest absolute Gasteiger partial charge is 0.399 e. The maximum Gasteiger partial charge on any atom is 0.399 e. The number of nitrogens with one attached hydrogen (secondary N) is 1. The van der Waals surface area contributed by atoms with Crippen molar-refractivity contribution in [1.29, 1.82) is 0 Å². The molecule has 0 fully saturated rings. The summed E-state index contributed by atoms with van der Waals surface area (Å²) in [6.07, 6.45) is 0. The van der Waals surface area contributed by atoms with Gasteiger partial charge in [0.25, 0.3) is 5.91 Å². The number of carbonyl (C=O) groups excluding carboxylic acids is 1. The van der Waals surface area contributed by atoms with Crippen LogP contribution in [-0.2, 0) is 15.2 Å². The van der Waals surface area contributed by atoms with E-state index in [1.54, 1.807) is 0 Å². The maximum atomic E-state index is 11.5. The first-order valence-electron chi connectivity index (χ1n) is 1.87. The Labute approximate surface area is 66.6 Å². The quantitative estimate of drug-likeness (QED) is 0.520. The van der Waals surface area contributed by atoms with Gasteiger partial charge in [0.15, 0.2) is 4.84 Å². The van der Waals surface area contributed by atoms with Crippen LogP contribution in [0.4, 0.5) is 3.89 Å². The highest BCUT2D eigenvalue weighted by atomic mass is 35.5. The van der Waals surface area contributed by atoms with Crippen LogP contribution in [0, 0.1) is 0 Å². The van der Waals surface area contributed by atoms with Crippen LogP contribution in [0.2, 0.25) is 0 Å². The molecule has 0 bridgehead atoms. The summed E-state index contributed by atoms with van der Waals surface area (Å²) in [6, 6.07) is 0. The molecular formula is C2H2Cl2FNO3S. The van der Waals surface area contributed by atoms with E-state index in [4.69, 9.17) is 23.2 Å². The van der Waals surface area contributed by atoms with E-state index in [-0.39, 0.29) is 0 Å². The first-order valence-corrected chi connectivity index (χ1v) is 4.13. The second-order valence-corrected chi connectivity index (χ2v) is 3.38. The third-order valence-electron chi connectivity index (χ3n) is 0.421. The lowest BCUT2D eigenvalue weighted by molar-refractivity contribution is -0.117. The van der Waals surface area contributed by atoms with Crippen LogP contribution in [-0.4, -0.2) is 19.2 Å². The third-order valence-corrected chi connectivity index (χ3v) is 1.26. The second-order valence-electron chi connectivity index (χ2n) is 1.20. The van der Waals surface area contributed by atoms with Gasteiger partial charge in [-0.3, -0.25) is 4.79 Å². The minimum atomic E-state index is -5.04. The summed E-state index contributed by atoms with van der Waals surface area (Å²) in [5.74, 6) is -1.31. The van der Waals surface area contributed by atoms with Crippen LogP contribution >= 0.6 is 23.2 Å². The molecule has 0 heterocycles. The molecule has 1 N–H and O–H groups in total. The average Bonchev–Trinajstić information content (AvgIpc) is 1.60. The van der Waals surface area contributed by atoms with Crippen LogP contribution in [0.15, 0.2) is 0 Å². The van der Waals surface area contributed by atoms with Gasteiger partial charge in [-0.15, -0.1) is 0 Å². The second kappa shape index (κ2) is 3.36. The Bertz CT molecular complexity index is 225. The molecule has 1 amide bonds. The van der Waals surface area contributed by atoms with E-state index in [2.05, 4.69) is 0 Å². The van der Waals surface area contributed by atoms with Crippen molar-refractivity contribution >= 4 is 39.5 Å². The molecule has 60 valence electrons. The van der Waals surface area contributed by atoms with Gasteiger partial charge in [0.05, 0.1) is 0 Å².